The maximum absolute atomic E-state index is 12.8. The lowest BCUT2D eigenvalue weighted by Gasteiger charge is -2.33. The molecule has 116 valence electrons. The molecule has 1 amide bonds. The number of piperidine rings is 1. The molecule has 0 unspecified atom stereocenters. The zero-order chi connectivity index (χ0) is 15.7. The van der Waals surface area contributed by atoms with E-state index in [1.807, 2.05) is 18.2 Å². The van der Waals surface area contributed by atoms with E-state index in [1.54, 1.807) is 18.2 Å². The van der Waals surface area contributed by atoms with Crippen LogP contribution in [0.1, 0.15) is 23.3 Å². The van der Waals surface area contributed by atoms with Crippen molar-refractivity contribution in [3.8, 4) is 0 Å². The molecule has 6 heteroatoms. The van der Waals surface area contributed by atoms with Crippen LogP contribution in [0, 0.1) is 5.92 Å². The molecular weight excluding hydrogens is 293 g/mol. The van der Waals surface area contributed by atoms with Crippen molar-refractivity contribution in [3.05, 3.63) is 42.1 Å². The molecule has 1 aliphatic rings. The smallest absolute Gasteiger partial charge is 0.337 e. The van der Waals surface area contributed by atoms with Gasteiger partial charge in [0.2, 0.25) is 0 Å². The Morgan fingerprint density at radius 3 is 2.73 bits per heavy atom. The van der Waals surface area contributed by atoms with Crippen LogP contribution in [0.5, 0.6) is 0 Å². The Morgan fingerprint density at radius 1 is 1.18 bits per heavy atom. The third-order valence-electron chi connectivity index (χ3n) is 3.99. The van der Waals surface area contributed by atoms with Crippen LogP contribution in [-0.4, -0.2) is 35.1 Å². The molecule has 3 nitrogen and oxygen atoms in total. The van der Waals surface area contributed by atoms with Crippen molar-refractivity contribution < 1.29 is 18.0 Å². The molecule has 0 saturated carbocycles. The number of rotatable bonds is 1. The molecule has 1 saturated heterocycles. The van der Waals surface area contributed by atoms with Gasteiger partial charge in [-0.1, -0.05) is 24.3 Å². The van der Waals surface area contributed by atoms with Gasteiger partial charge in [0.15, 0.2) is 0 Å². The second-order valence-corrected chi connectivity index (χ2v) is 5.52. The number of carbonyl (C=O) groups is 1. The summed E-state index contributed by atoms with van der Waals surface area (Å²) in [7, 11) is 0. The van der Waals surface area contributed by atoms with Crippen LogP contribution < -0.4 is 0 Å². The van der Waals surface area contributed by atoms with Gasteiger partial charge >= 0.3 is 6.18 Å². The minimum atomic E-state index is -4.25. The van der Waals surface area contributed by atoms with E-state index in [0.29, 0.717) is 18.5 Å². The van der Waals surface area contributed by atoms with Crippen LogP contribution in [0.3, 0.4) is 0 Å². The summed E-state index contributed by atoms with van der Waals surface area (Å²) in [5, 5.41) is 0.894. The number of benzene rings is 1. The molecule has 2 aromatic rings. The molecule has 0 spiro atoms. The predicted molar refractivity (Wildman–Crippen MR) is 76.4 cm³/mol. The van der Waals surface area contributed by atoms with Crippen LogP contribution in [0.4, 0.5) is 13.2 Å². The maximum Gasteiger partial charge on any atom is 0.393 e. The zero-order valence-electron chi connectivity index (χ0n) is 11.8. The summed E-state index contributed by atoms with van der Waals surface area (Å²) in [4.78, 5) is 17.9. The standard InChI is InChI=1S/C16H15F3N2O/c17-16(18,19)12-5-3-9-21(10-12)15(22)14-8-7-11-4-1-2-6-13(11)20-14/h1-2,4,6-8,12H,3,5,9-10H2/t12-/m1/s1. The third-order valence-corrected chi connectivity index (χ3v) is 3.99. The Hall–Kier alpha value is -2.11. The van der Waals surface area contributed by atoms with Gasteiger partial charge in [0, 0.05) is 18.5 Å². The number of carbonyl (C=O) groups excluding carboxylic acids is 1. The van der Waals surface area contributed by atoms with Crippen molar-refractivity contribution in [2.45, 2.75) is 19.0 Å². The Labute approximate surface area is 125 Å². The Bertz CT molecular complexity index is 699. The highest BCUT2D eigenvalue weighted by atomic mass is 19.4. The fourth-order valence-electron chi connectivity index (χ4n) is 2.78. The Kier molecular flexibility index (Phi) is 3.76. The molecule has 1 aromatic heterocycles. The number of hydrogen-bond acceptors (Lipinski definition) is 2. The highest BCUT2D eigenvalue weighted by Crippen LogP contribution is 2.33. The van der Waals surface area contributed by atoms with Crippen molar-refractivity contribution >= 4 is 16.8 Å². The van der Waals surface area contributed by atoms with Crippen molar-refractivity contribution in [1.29, 1.82) is 0 Å². The SMILES string of the molecule is O=C(c1ccc2ccccc2n1)N1CCC[C@@H](C(F)(F)F)C1. The first-order chi connectivity index (χ1) is 10.4. The lowest BCUT2D eigenvalue weighted by Crippen LogP contribution is -2.44. The van der Waals surface area contributed by atoms with Gasteiger partial charge < -0.3 is 4.90 Å². The highest BCUT2D eigenvalue weighted by molar-refractivity contribution is 5.95. The van der Waals surface area contributed by atoms with Crippen LogP contribution in [0.2, 0.25) is 0 Å². The van der Waals surface area contributed by atoms with Gasteiger partial charge in [-0.15, -0.1) is 0 Å². The topological polar surface area (TPSA) is 33.2 Å². The van der Waals surface area contributed by atoms with Crippen LogP contribution in [0.25, 0.3) is 10.9 Å². The molecule has 22 heavy (non-hydrogen) atoms. The summed E-state index contributed by atoms with van der Waals surface area (Å²) in [5.41, 5.74) is 0.860. The van der Waals surface area contributed by atoms with Crippen molar-refractivity contribution in [3.63, 3.8) is 0 Å². The summed E-state index contributed by atoms with van der Waals surface area (Å²) in [6.45, 7) is 0.0662. The van der Waals surface area contributed by atoms with E-state index < -0.39 is 18.0 Å². The van der Waals surface area contributed by atoms with Crippen LogP contribution >= 0.6 is 0 Å². The molecule has 0 radical (unpaired) electrons. The van der Waals surface area contributed by atoms with Gasteiger partial charge in [0.1, 0.15) is 5.69 Å². The van der Waals surface area contributed by atoms with Crippen molar-refractivity contribution in [2.24, 2.45) is 5.92 Å². The number of amides is 1. The second-order valence-electron chi connectivity index (χ2n) is 5.52. The molecule has 1 atom stereocenters. The first kappa shape index (κ1) is 14.8. The highest BCUT2D eigenvalue weighted by Gasteiger charge is 2.42. The molecular formula is C16H15F3N2O. The normalized spacial score (nSPS) is 19.4. The number of halogens is 3. The molecule has 0 bridgehead atoms. The monoisotopic (exact) mass is 308 g/mol. The fourth-order valence-corrected chi connectivity index (χ4v) is 2.78. The van der Waals surface area contributed by atoms with E-state index in [9.17, 15) is 18.0 Å². The molecule has 1 aromatic carbocycles. The predicted octanol–water partition coefficient (Wildman–Crippen LogP) is 3.65. The molecule has 2 heterocycles. The number of fused-ring (bicyclic) bond motifs is 1. The first-order valence-corrected chi connectivity index (χ1v) is 7.17. The third kappa shape index (κ3) is 2.91. The molecule has 0 aliphatic carbocycles. The number of likely N-dealkylation sites (tertiary alicyclic amines) is 1. The van der Waals surface area contributed by atoms with E-state index >= 15 is 0 Å². The summed E-state index contributed by atoms with van der Waals surface area (Å²) < 4.78 is 38.5. The number of aromatic nitrogens is 1. The molecule has 1 fully saturated rings. The molecule has 0 N–H and O–H groups in total. The zero-order valence-corrected chi connectivity index (χ0v) is 11.8. The van der Waals surface area contributed by atoms with Gasteiger partial charge in [0.05, 0.1) is 11.4 Å². The minimum Gasteiger partial charge on any atom is -0.337 e. The fraction of sp³-hybridized carbons (Fsp3) is 0.375. The molecule has 3 rings (SSSR count). The second kappa shape index (κ2) is 5.59. The van der Waals surface area contributed by atoms with Crippen LogP contribution in [0.15, 0.2) is 36.4 Å². The van der Waals surface area contributed by atoms with Crippen molar-refractivity contribution in [1.82, 2.24) is 9.88 Å². The van der Waals surface area contributed by atoms with Gasteiger partial charge in [0.25, 0.3) is 5.91 Å². The average Bonchev–Trinajstić information content (AvgIpc) is 2.53. The number of nitrogens with zero attached hydrogens (tertiary/aromatic N) is 2. The van der Waals surface area contributed by atoms with E-state index in [4.69, 9.17) is 0 Å². The Balaban J connectivity index is 1.82. The number of para-hydroxylation sites is 1. The summed E-state index contributed by atoms with van der Waals surface area (Å²) in [6.07, 6.45) is -3.81. The number of pyridine rings is 1. The van der Waals surface area contributed by atoms with Crippen LogP contribution in [-0.2, 0) is 0 Å². The van der Waals surface area contributed by atoms with Gasteiger partial charge in [-0.3, -0.25) is 4.79 Å². The van der Waals surface area contributed by atoms with Gasteiger partial charge in [-0.05, 0) is 25.0 Å². The summed E-state index contributed by atoms with van der Waals surface area (Å²) >= 11 is 0. The van der Waals surface area contributed by atoms with Gasteiger partial charge in [-0.25, -0.2) is 4.98 Å². The quantitative estimate of drug-likeness (QED) is 0.805. The number of alkyl halides is 3. The average molecular weight is 308 g/mol. The lowest BCUT2D eigenvalue weighted by molar-refractivity contribution is -0.184. The lowest BCUT2D eigenvalue weighted by atomic mass is 9.97. The van der Waals surface area contributed by atoms with Crippen molar-refractivity contribution in [2.75, 3.05) is 13.1 Å². The van der Waals surface area contributed by atoms with E-state index in [-0.39, 0.29) is 18.7 Å². The summed E-state index contributed by atoms with van der Waals surface area (Å²) in [5.74, 6) is -1.87. The minimum absolute atomic E-state index is 0.0818. The maximum atomic E-state index is 12.8. The van der Waals surface area contributed by atoms with Gasteiger partial charge in [-0.2, -0.15) is 13.2 Å². The van der Waals surface area contributed by atoms with E-state index in [1.165, 1.54) is 4.90 Å². The Morgan fingerprint density at radius 2 is 1.95 bits per heavy atom. The largest absolute Gasteiger partial charge is 0.393 e. The summed E-state index contributed by atoms with van der Waals surface area (Å²) in [6, 6.07) is 10.7. The first-order valence-electron chi connectivity index (χ1n) is 7.17. The van der Waals surface area contributed by atoms with E-state index in [2.05, 4.69) is 4.98 Å². The number of hydrogen-bond donors (Lipinski definition) is 0. The van der Waals surface area contributed by atoms with E-state index in [0.717, 1.165) is 5.39 Å². The molecule has 1 aliphatic heterocycles.